The Morgan fingerprint density at radius 1 is 1.24 bits per heavy atom. The Morgan fingerprint density at radius 3 is 2.76 bits per heavy atom. The van der Waals surface area contributed by atoms with E-state index in [1.54, 1.807) is 6.20 Å². The summed E-state index contributed by atoms with van der Waals surface area (Å²) in [6.07, 6.45) is 3.05. The van der Waals surface area contributed by atoms with Gasteiger partial charge in [0.25, 0.3) is 0 Å². The monoisotopic (exact) mass is 342 g/mol. The van der Waals surface area contributed by atoms with Gasteiger partial charge in [-0.25, -0.2) is 9.50 Å². The van der Waals surface area contributed by atoms with Gasteiger partial charge in [-0.1, -0.05) is 0 Å². The highest BCUT2D eigenvalue weighted by Crippen LogP contribution is 2.17. The first-order valence-electron chi connectivity index (χ1n) is 5.51. The van der Waals surface area contributed by atoms with Crippen molar-refractivity contribution in [2.45, 2.75) is 12.8 Å². The zero-order valence-electron chi connectivity index (χ0n) is 9.14. The highest BCUT2D eigenvalue weighted by atomic mass is 127. The van der Waals surface area contributed by atoms with Crippen molar-refractivity contribution in [1.82, 2.24) is 14.6 Å². The summed E-state index contributed by atoms with van der Waals surface area (Å²) in [5.41, 5.74) is 0.853. The van der Waals surface area contributed by atoms with Crippen molar-refractivity contribution in [3.63, 3.8) is 0 Å². The fourth-order valence-corrected chi connectivity index (χ4v) is 2.48. The molecule has 0 aliphatic carbocycles. The molecule has 0 unspecified atom stereocenters. The van der Waals surface area contributed by atoms with Gasteiger partial charge in [0, 0.05) is 25.9 Å². The summed E-state index contributed by atoms with van der Waals surface area (Å²) >= 11 is 2.21. The van der Waals surface area contributed by atoms with Crippen LogP contribution < -0.4 is 4.90 Å². The van der Waals surface area contributed by atoms with Gasteiger partial charge in [-0.05, 0) is 34.7 Å². The van der Waals surface area contributed by atoms with Gasteiger partial charge >= 0.3 is 0 Å². The van der Waals surface area contributed by atoms with E-state index in [0.29, 0.717) is 18.6 Å². The first-order valence-corrected chi connectivity index (χ1v) is 6.59. The quantitative estimate of drug-likeness (QED) is 0.737. The second kappa shape index (κ2) is 4.25. The number of aromatic nitrogens is 3. The van der Waals surface area contributed by atoms with Gasteiger partial charge in [0.15, 0.2) is 5.65 Å². The number of imidazole rings is 1. The molecule has 17 heavy (non-hydrogen) atoms. The highest BCUT2D eigenvalue weighted by Gasteiger charge is 2.18. The molecule has 0 atom stereocenters. The van der Waals surface area contributed by atoms with Crippen LogP contribution in [0, 0.1) is 3.70 Å². The van der Waals surface area contributed by atoms with Crippen molar-refractivity contribution in [1.29, 1.82) is 0 Å². The number of halogens is 1. The molecule has 0 aromatic carbocycles. The number of carbonyl (C=O) groups excluding carboxylic acids is 1. The summed E-state index contributed by atoms with van der Waals surface area (Å²) < 4.78 is 2.82. The van der Waals surface area contributed by atoms with Crippen LogP contribution in [0.25, 0.3) is 5.65 Å². The number of Topliss-reactive ketones (excluding diaryl/α,β-unsaturated/α-hetero) is 1. The lowest BCUT2D eigenvalue weighted by Crippen LogP contribution is -2.34. The molecule has 3 rings (SSSR count). The van der Waals surface area contributed by atoms with Crippen molar-refractivity contribution in [2.24, 2.45) is 0 Å². The summed E-state index contributed by atoms with van der Waals surface area (Å²) in [6, 6.07) is 3.93. The van der Waals surface area contributed by atoms with Gasteiger partial charge in [0.1, 0.15) is 15.3 Å². The Morgan fingerprint density at radius 2 is 2.00 bits per heavy atom. The van der Waals surface area contributed by atoms with E-state index in [2.05, 4.69) is 37.6 Å². The molecule has 88 valence electrons. The summed E-state index contributed by atoms with van der Waals surface area (Å²) in [5.74, 6) is 1.26. The molecule has 0 spiro atoms. The molecule has 6 heteroatoms. The Bertz CT molecular complexity index is 570. The second-order valence-corrected chi connectivity index (χ2v) is 5.17. The highest BCUT2D eigenvalue weighted by molar-refractivity contribution is 14.1. The lowest BCUT2D eigenvalue weighted by atomic mass is 10.1. The smallest absolute Gasteiger partial charge is 0.154 e. The van der Waals surface area contributed by atoms with Crippen molar-refractivity contribution in [2.75, 3.05) is 18.0 Å². The van der Waals surface area contributed by atoms with E-state index in [4.69, 9.17) is 0 Å². The van der Waals surface area contributed by atoms with Crippen molar-refractivity contribution >= 4 is 39.8 Å². The van der Waals surface area contributed by atoms with Crippen LogP contribution >= 0.6 is 22.6 Å². The van der Waals surface area contributed by atoms with E-state index >= 15 is 0 Å². The first kappa shape index (κ1) is 10.9. The summed E-state index contributed by atoms with van der Waals surface area (Å²) in [4.78, 5) is 17.6. The molecule has 1 fully saturated rings. The van der Waals surface area contributed by atoms with E-state index in [1.807, 2.05) is 16.6 Å². The van der Waals surface area contributed by atoms with E-state index in [9.17, 15) is 4.79 Å². The minimum absolute atomic E-state index is 0.347. The topological polar surface area (TPSA) is 50.5 Å². The maximum atomic E-state index is 11.2. The van der Waals surface area contributed by atoms with Crippen LogP contribution in [0.5, 0.6) is 0 Å². The number of piperidine rings is 1. The van der Waals surface area contributed by atoms with Gasteiger partial charge in [0.05, 0.1) is 6.20 Å². The van der Waals surface area contributed by atoms with Crippen molar-refractivity contribution in [3.05, 3.63) is 22.0 Å². The Balaban J connectivity index is 1.94. The van der Waals surface area contributed by atoms with Crippen LogP contribution in [0.4, 0.5) is 5.82 Å². The molecule has 0 amide bonds. The average molecular weight is 342 g/mol. The zero-order chi connectivity index (χ0) is 11.8. The molecular weight excluding hydrogens is 331 g/mol. The lowest BCUT2D eigenvalue weighted by Gasteiger charge is -2.26. The predicted molar refractivity (Wildman–Crippen MR) is 72.2 cm³/mol. The third kappa shape index (κ3) is 2.01. The molecule has 0 bridgehead atoms. The summed E-state index contributed by atoms with van der Waals surface area (Å²) in [7, 11) is 0. The SMILES string of the molecule is O=C1CCN(c2ccc3ncc(I)n3n2)CC1. The number of anilines is 1. The van der Waals surface area contributed by atoms with Crippen LogP contribution in [0.15, 0.2) is 18.3 Å². The van der Waals surface area contributed by atoms with Gasteiger partial charge in [-0.2, -0.15) is 0 Å². The third-order valence-electron chi connectivity index (χ3n) is 2.95. The third-order valence-corrected chi connectivity index (χ3v) is 3.69. The van der Waals surface area contributed by atoms with E-state index < -0.39 is 0 Å². The maximum absolute atomic E-state index is 11.2. The fraction of sp³-hybridized carbons (Fsp3) is 0.364. The fourth-order valence-electron chi connectivity index (χ4n) is 1.99. The van der Waals surface area contributed by atoms with E-state index in [-0.39, 0.29) is 0 Å². The zero-order valence-corrected chi connectivity index (χ0v) is 11.3. The largest absolute Gasteiger partial charge is 0.354 e. The number of carbonyl (C=O) groups is 1. The van der Waals surface area contributed by atoms with Gasteiger partial charge in [-0.15, -0.1) is 5.10 Å². The molecule has 2 aromatic rings. The Labute approximate surface area is 112 Å². The molecule has 1 aliphatic rings. The van der Waals surface area contributed by atoms with Crippen molar-refractivity contribution < 1.29 is 4.79 Å². The average Bonchev–Trinajstić information content (AvgIpc) is 2.72. The summed E-state index contributed by atoms with van der Waals surface area (Å²) in [5, 5.41) is 4.54. The van der Waals surface area contributed by atoms with E-state index in [0.717, 1.165) is 28.3 Å². The molecule has 1 saturated heterocycles. The molecular formula is C11H11IN4O. The minimum Gasteiger partial charge on any atom is -0.354 e. The van der Waals surface area contributed by atoms with Crippen LogP contribution in [0.3, 0.4) is 0 Å². The standard InChI is InChI=1S/C11H11IN4O/c12-9-7-13-10-1-2-11(14-16(9)10)15-5-3-8(17)4-6-15/h1-2,7H,3-6H2. The number of fused-ring (bicyclic) bond motifs is 1. The molecule has 3 heterocycles. The van der Waals surface area contributed by atoms with Gasteiger partial charge in [-0.3, -0.25) is 4.79 Å². The number of rotatable bonds is 1. The van der Waals surface area contributed by atoms with E-state index in [1.165, 1.54) is 0 Å². The molecule has 2 aromatic heterocycles. The van der Waals surface area contributed by atoms with Crippen molar-refractivity contribution in [3.8, 4) is 0 Å². The first-order chi connectivity index (χ1) is 8.24. The predicted octanol–water partition coefficient (Wildman–Crippen LogP) is 1.50. The van der Waals surface area contributed by atoms with Crippen LogP contribution in [-0.2, 0) is 4.79 Å². The normalized spacial score (nSPS) is 16.8. The van der Waals surface area contributed by atoms with Crippen LogP contribution in [-0.4, -0.2) is 33.5 Å². The number of hydrogen-bond donors (Lipinski definition) is 0. The second-order valence-electron chi connectivity index (χ2n) is 4.07. The molecule has 5 nitrogen and oxygen atoms in total. The van der Waals surface area contributed by atoms with Crippen LogP contribution in [0.2, 0.25) is 0 Å². The maximum Gasteiger partial charge on any atom is 0.154 e. The Kier molecular flexibility index (Phi) is 2.73. The van der Waals surface area contributed by atoms with Gasteiger partial charge in [0.2, 0.25) is 0 Å². The molecule has 0 radical (unpaired) electrons. The lowest BCUT2D eigenvalue weighted by molar-refractivity contribution is -0.119. The minimum atomic E-state index is 0.347. The van der Waals surface area contributed by atoms with Gasteiger partial charge < -0.3 is 4.90 Å². The molecule has 0 saturated carbocycles. The summed E-state index contributed by atoms with van der Waals surface area (Å²) in [6.45, 7) is 1.53. The Hall–Kier alpha value is -1.18. The molecule has 1 aliphatic heterocycles. The number of ketones is 1. The number of hydrogen-bond acceptors (Lipinski definition) is 4. The molecule has 0 N–H and O–H groups in total. The van der Waals surface area contributed by atoms with Crippen LogP contribution in [0.1, 0.15) is 12.8 Å². The number of nitrogens with zero attached hydrogens (tertiary/aromatic N) is 4.